The van der Waals surface area contributed by atoms with Crippen LogP contribution in [0.5, 0.6) is 6.01 Å². The number of aliphatic hydroxyl groups is 1. The predicted octanol–water partition coefficient (Wildman–Crippen LogP) is 2.49. The zero-order valence-electron chi connectivity index (χ0n) is 18.8. The van der Waals surface area contributed by atoms with Crippen molar-refractivity contribution in [3.63, 3.8) is 0 Å². The van der Waals surface area contributed by atoms with Gasteiger partial charge in [0, 0.05) is 13.1 Å². The van der Waals surface area contributed by atoms with Gasteiger partial charge < -0.3 is 25.9 Å². The molecule has 1 fully saturated rings. The largest absolute Gasteiger partial charge is 0.463 e. The van der Waals surface area contributed by atoms with Gasteiger partial charge in [0.25, 0.3) is 5.91 Å². The molecule has 2 aromatic rings. The Morgan fingerprint density at radius 3 is 2.73 bits per heavy atom. The highest BCUT2D eigenvalue weighted by Gasteiger charge is 2.35. The number of carbonyl (C=O) groups is 1. The summed E-state index contributed by atoms with van der Waals surface area (Å²) in [5.74, 6) is 5.02. The van der Waals surface area contributed by atoms with Gasteiger partial charge in [0.15, 0.2) is 5.82 Å². The summed E-state index contributed by atoms with van der Waals surface area (Å²) in [4.78, 5) is 25.1. The molecule has 1 saturated heterocycles. The lowest BCUT2D eigenvalue weighted by molar-refractivity contribution is -0.124. The maximum Gasteiger partial charge on any atom is 0.320 e. The molecule has 2 aliphatic heterocycles. The molecular formula is C22H30N8O3. The number of nitrogens with zero attached hydrogens (tertiary/aromatic N) is 6. The zero-order valence-corrected chi connectivity index (χ0v) is 18.8. The van der Waals surface area contributed by atoms with Crippen molar-refractivity contribution in [3.8, 4) is 6.01 Å². The molecule has 11 heteroatoms. The fourth-order valence-corrected chi connectivity index (χ4v) is 4.07. The molecule has 1 unspecified atom stereocenters. The van der Waals surface area contributed by atoms with Crippen LogP contribution in [0, 0.1) is 0 Å². The van der Waals surface area contributed by atoms with Crippen LogP contribution in [-0.2, 0) is 17.9 Å². The topological polar surface area (TPSA) is 142 Å². The zero-order chi connectivity index (χ0) is 23.2. The fraction of sp³-hybridized carbons (Fsp3) is 0.500. The molecule has 4 N–H and O–H groups in total. The molecule has 4 rings (SSSR count). The number of amides is 1. The van der Waals surface area contributed by atoms with E-state index in [0.717, 1.165) is 38.0 Å². The molecule has 0 saturated carbocycles. The molecule has 0 bridgehead atoms. The second kappa shape index (κ2) is 10.5. The molecule has 1 aromatic heterocycles. The first kappa shape index (κ1) is 22.9. The Kier molecular flexibility index (Phi) is 7.30. The van der Waals surface area contributed by atoms with Crippen LogP contribution in [0.15, 0.2) is 34.6 Å². The molecule has 0 aliphatic carbocycles. The molecule has 33 heavy (non-hydrogen) atoms. The number of hydrogen-bond donors (Lipinski definition) is 3. The summed E-state index contributed by atoms with van der Waals surface area (Å²) >= 11 is 0. The maximum absolute atomic E-state index is 12.5. The van der Waals surface area contributed by atoms with Crippen molar-refractivity contribution < 1.29 is 14.6 Å². The van der Waals surface area contributed by atoms with Gasteiger partial charge in [-0.3, -0.25) is 9.69 Å². The SMILES string of the molecule is CCCCOc1nc(N=NN)c2c(n1)N(Cc1cccc(CN3CCCC3)c1)C(O)C(=O)N2. The average Bonchev–Trinajstić information content (AvgIpc) is 3.31. The summed E-state index contributed by atoms with van der Waals surface area (Å²) in [5.41, 5.74) is 2.37. The lowest BCUT2D eigenvalue weighted by Crippen LogP contribution is -2.48. The number of nitrogens with two attached hydrogens (primary N) is 1. The van der Waals surface area contributed by atoms with Crippen LogP contribution in [0.3, 0.4) is 0 Å². The van der Waals surface area contributed by atoms with E-state index in [0.29, 0.717) is 12.4 Å². The van der Waals surface area contributed by atoms with E-state index in [4.69, 9.17) is 10.6 Å². The normalized spacial score (nSPS) is 18.5. The number of benzene rings is 1. The number of likely N-dealkylation sites (tertiary alicyclic amines) is 1. The Labute approximate surface area is 192 Å². The van der Waals surface area contributed by atoms with Crippen LogP contribution >= 0.6 is 0 Å². The lowest BCUT2D eigenvalue weighted by Gasteiger charge is -2.34. The molecular weight excluding hydrogens is 424 g/mol. The molecule has 1 aromatic carbocycles. The van der Waals surface area contributed by atoms with E-state index in [1.807, 2.05) is 12.1 Å². The van der Waals surface area contributed by atoms with E-state index in [2.05, 4.69) is 49.6 Å². The molecule has 0 spiro atoms. The van der Waals surface area contributed by atoms with Crippen LogP contribution in [0.4, 0.5) is 17.3 Å². The number of anilines is 2. The number of rotatable bonds is 9. The Bertz CT molecular complexity index is 1010. The van der Waals surface area contributed by atoms with Crippen molar-refractivity contribution in [3.05, 3.63) is 35.4 Å². The van der Waals surface area contributed by atoms with E-state index >= 15 is 0 Å². The smallest absolute Gasteiger partial charge is 0.320 e. The monoisotopic (exact) mass is 454 g/mol. The minimum atomic E-state index is -1.43. The van der Waals surface area contributed by atoms with E-state index in [1.54, 1.807) is 0 Å². The predicted molar refractivity (Wildman–Crippen MR) is 123 cm³/mol. The highest BCUT2D eigenvalue weighted by Crippen LogP contribution is 2.39. The minimum absolute atomic E-state index is 0.0713. The molecule has 2 aliphatic rings. The van der Waals surface area contributed by atoms with Gasteiger partial charge in [0.05, 0.1) is 6.61 Å². The standard InChI is InChI=1S/C22H30N8O3/c1-2-3-11-33-22-25-18(27-28-23)17-19(26-22)30(21(32)20(31)24-17)14-16-8-6-7-15(12-16)13-29-9-4-5-10-29/h6-8,12,21,32H,2-5,9-11,13-14H2,1H3,(H,24,31)(H2,23,25,26,27). The van der Waals surface area contributed by atoms with Gasteiger partial charge in [-0.1, -0.05) is 42.8 Å². The summed E-state index contributed by atoms with van der Waals surface area (Å²) in [6, 6.07) is 8.23. The van der Waals surface area contributed by atoms with Gasteiger partial charge in [-0.25, -0.2) is 0 Å². The number of hydrogen-bond acceptors (Lipinski definition) is 9. The quantitative estimate of drug-likeness (QED) is 0.227. The Balaban J connectivity index is 1.64. The Hall–Kier alpha value is -3.31. The van der Waals surface area contributed by atoms with Gasteiger partial charge in [-0.05, 0) is 43.5 Å². The highest BCUT2D eigenvalue weighted by atomic mass is 16.5. The van der Waals surface area contributed by atoms with E-state index in [-0.39, 0.29) is 24.1 Å². The van der Waals surface area contributed by atoms with E-state index in [9.17, 15) is 9.90 Å². The van der Waals surface area contributed by atoms with Crippen LogP contribution in [0.25, 0.3) is 0 Å². The third-order valence-corrected chi connectivity index (χ3v) is 5.73. The summed E-state index contributed by atoms with van der Waals surface area (Å²) < 4.78 is 5.66. The maximum atomic E-state index is 12.5. The first-order chi connectivity index (χ1) is 16.1. The van der Waals surface area contributed by atoms with Gasteiger partial charge >= 0.3 is 6.01 Å². The molecule has 0 radical (unpaired) electrons. The second-order valence-corrected chi connectivity index (χ2v) is 8.24. The summed E-state index contributed by atoms with van der Waals surface area (Å²) in [7, 11) is 0. The Morgan fingerprint density at radius 1 is 1.24 bits per heavy atom. The summed E-state index contributed by atoms with van der Waals surface area (Å²) in [6.07, 6.45) is 2.82. The van der Waals surface area contributed by atoms with Gasteiger partial charge in [0.1, 0.15) is 5.69 Å². The van der Waals surface area contributed by atoms with Crippen molar-refractivity contribution in [1.29, 1.82) is 0 Å². The molecule has 11 nitrogen and oxygen atoms in total. The Morgan fingerprint density at radius 2 is 2.00 bits per heavy atom. The third kappa shape index (κ3) is 5.37. The first-order valence-electron chi connectivity index (χ1n) is 11.3. The average molecular weight is 455 g/mol. The number of unbranched alkanes of at least 4 members (excludes halogenated alkanes) is 1. The van der Waals surface area contributed by atoms with Crippen molar-refractivity contribution >= 4 is 23.2 Å². The molecule has 3 heterocycles. The van der Waals surface area contributed by atoms with Crippen molar-refractivity contribution in [2.24, 2.45) is 16.2 Å². The van der Waals surface area contributed by atoms with Crippen LogP contribution in [0.2, 0.25) is 0 Å². The number of aromatic nitrogens is 2. The molecule has 1 atom stereocenters. The van der Waals surface area contributed by atoms with Gasteiger partial charge in [-0.15, -0.1) is 5.11 Å². The van der Waals surface area contributed by atoms with Crippen LogP contribution < -0.4 is 20.8 Å². The van der Waals surface area contributed by atoms with Crippen LogP contribution in [0.1, 0.15) is 43.7 Å². The number of fused-ring (bicyclic) bond motifs is 1. The second-order valence-electron chi connectivity index (χ2n) is 8.24. The first-order valence-corrected chi connectivity index (χ1v) is 11.3. The number of aliphatic hydroxyl groups excluding tert-OH is 1. The van der Waals surface area contributed by atoms with Gasteiger partial charge in [-0.2, -0.15) is 9.97 Å². The van der Waals surface area contributed by atoms with Crippen molar-refractivity contribution in [2.75, 3.05) is 29.9 Å². The lowest BCUT2D eigenvalue weighted by atomic mass is 10.1. The van der Waals surface area contributed by atoms with Crippen molar-refractivity contribution in [1.82, 2.24) is 14.9 Å². The van der Waals surface area contributed by atoms with Gasteiger partial charge in [0.2, 0.25) is 12.0 Å². The number of ether oxygens (including phenoxy) is 1. The van der Waals surface area contributed by atoms with Crippen molar-refractivity contribution in [2.45, 2.75) is 51.9 Å². The fourth-order valence-electron chi connectivity index (χ4n) is 4.07. The third-order valence-electron chi connectivity index (χ3n) is 5.73. The summed E-state index contributed by atoms with van der Waals surface area (Å²) in [6.45, 7) is 5.85. The number of nitrogens with one attached hydrogen (secondary N) is 1. The minimum Gasteiger partial charge on any atom is -0.463 e. The molecule has 1 amide bonds. The highest BCUT2D eigenvalue weighted by molar-refractivity contribution is 6.04. The van der Waals surface area contributed by atoms with E-state index in [1.165, 1.54) is 23.3 Å². The summed E-state index contributed by atoms with van der Waals surface area (Å²) in [5, 5.41) is 20.4. The van der Waals surface area contributed by atoms with Crippen LogP contribution in [-0.4, -0.2) is 51.8 Å². The molecule has 176 valence electrons. The number of carbonyl (C=O) groups excluding carboxylic acids is 1. The van der Waals surface area contributed by atoms with E-state index < -0.39 is 12.1 Å².